The molecule has 0 aliphatic heterocycles. The molecule has 1 aromatic carbocycles. The fourth-order valence-electron chi connectivity index (χ4n) is 2.81. The average molecular weight is 308 g/mol. The van der Waals surface area contributed by atoms with Crippen LogP contribution >= 0.6 is 11.3 Å². The van der Waals surface area contributed by atoms with Crippen molar-refractivity contribution in [1.82, 2.24) is 4.98 Å². The number of hydrogen-bond acceptors (Lipinski definition) is 3. The molecule has 1 heterocycles. The summed E-state index contributed by atoms with van der Waals surface area (Å²) in [5.41, 5.74) is 6.96. The zero-order chi connectivity index (χ0) is 15.0. The second-order valence-electron chi connectivity index (χ2n) is 6.00. The quantitative estimate of drug-likeness (QED) is 0.890. The van der Waals surface area contributed by atoms with E-state index in [0.717, 1.165) is 36.8 Å². The smallest absolute Gasteiger partial charge is 0.135 e. The summed E-state index contributed by atoms with van der Waals surface area (Å²) in [5, 5.41) is 2.66. The van der Waals surface area contributed by atoms with E-state index >= 15 is 0 Å². The van der Waals surface area contributed by atoms with Crippen molar-refractivity contribution in [3.05, 3.63) is 40.2 Å². The summed E-state index contributed by atoms with van der Waals surface area (Å²) >= 11 is 1.47. The monoisotopic (exact) mass is 308 g/mol. The maximum atomic E-state index is 13.8. The van der Waals surface area contributed by atoms with Crippen molar-refractivity contribution >= 4 is 11.3 Å². The second kappa shape index (κ2) is 5.46. The molecule has 0 saturated heterocycles. The molecule has 1 aliphatic carbocycles. The van der Waals surface area contributed by atoms with Gasteiger partial charge >= 0.3 is 0 Å². The number of aromatic nitrogens is 1. The molecule has 21 heavy (non-hydrogen) atoms. The maximum Gasteiger partial charge on any atom is 0.135 e. The minimum Gasteiger partial charge on any atom is -0.319 e. The van der Waals surface area contributed by atoms with Crippen LogP contribution in [0, 0.1) is 17.6 Å². The fourth-order valence-corrected chi connectivity index (χ4v) is 3.81. The van der Waals surface area contributed by atoms with Crippen LogP contribution in [0.4, 0.5) is 8.78 Å². The molecule has 0 spiro atoms. The number of hydrogen-bond donors (Lipinski definition) is 1. The van der Waals surface area contributed by atoms with Crippen molar-refractivity contribution < 1.29 is 8.78 Å². The Labute approximate surface area is 127 Å². The molecule has 1 saturated carbocycles. The Balaban J connectivity index is 1.89. The number of halogens is 2. The third kappa shape index (κ3) is 2.85. The van der Waals surface area contributed by atoms with Gasteiger partial charge in [-0.2, -0.15) is 0 Å². The van der Waals surface area contributed by atoms with E-state index in [2.05, 4.69) is 11.9 Å². The van der Waals surface area contributed by atoms with Crippen LogP contribution in [0.25, 0.3) is 11.3 Å². The predicted octanol–water partition coefficient (Wildman–Crippen LogP) is 4.45. The van der Waals surface area contributed by atoms with E-state index in [-0.39, 0.29) is 0 Å². The second-order valence-corrected chi connectivity index (χ2v) is 6.86. The van der Waals surface area contributed by atoms with Crippen LogP contribution in [-0.4, -0.2) is 4.98 Å². The molecule has 2 nitrogen and oxygen atoms in total. The molecule has 0 radical (unpaired) electrons. The standard InChI is InChI=1S/C16H18F2N2S/c1-10-4-6-16(19,7-5-10)15-20-14(9-21-15)12-3-2-11(17)8-13(12)18/h2-3,8-10H,4-7,19H2,1H3. The number of benzene rings is 1. The molecule has 3 rings (SSSR count). The van der Waals surface area contributed by atoms with Crippen LogP contribution in [0.1, 0.15) is 37.6 Å². The van der Waals surface area contributed by atoms with Crippen LogP contribution < -0.4 is 5.73 Å². The van der Waals surface area contributed by atoms with Crippen molar-refractivity contribution in [3.8, 4) is 11.3 Å². The topological polar surface area (TPSA) is 38.9 Å². The Morgan fingerprint density at radius 1 is 1.29 bits per heavy atom. The van der Waals surface area contributed by atoms with Crippen LogP contribution in [-0.2, 0) is 5.54 Å². The zero-order valence-electron chi connectivity index (χ0n) is 11.9. The summed E-state index contributed by atoms with van der Waals surface area (Å²) < 4.78 is 26.8. The van der Waals surface area contributed by atoms with Gasteiger partial charge in [0.05, 0.1) is 11.2 Å². The molecule has 0 atom stereocenters. The van der Waals surface area contributed by atoms with E-state index < -0.39 is 17.2 Å². The van der Waals surface area contributed by atoms with Crippen LogP contribution in [0.2, 0.25) is 0 Å². The summed E-state index contributed by atoms with van der Waals surface area (Å²) in [4.78, 5) is 4.52. The lowest BCUT2D eigenvalue weighted by atomic mass is 9.78. The molecular weight excluding hydrogens is 290 g/mol. The first-order chi connectivity index (χ1) is 9.98. The molecule has 0 bridgehead atoms. The molecule has 2 aromatic rings. The molecule has 2 N–H and O–H groups in total. The van der Waals surface area contributed by atoms with Crippen molar-refractivity contribution in [2.45, 2.75) is 38.1 Å². The molecule has 5 heteroatoms. The Bertz CT molecular complexity index is 645. The van der Waals surface area contributed by atoms with Gasteiger partial charge in [-0.3, -0.25) is 0 Å². The van der Waals surface area contributed by atoms with Gasteiger partial charge in [0, 0.05) is 17.0 Å². The number of nitrogens with two attached hydrogens (primary N) is 1. The van der Waals surface area contributed by atoms with Gasteiger partial charge in [-0.25, -0.2) is 13.8 Å². The Hall–Kier alpha value is -1.33. The van der Waals surface area contributed by atoms with Gasteiger partial charge < -0.3 is 5.73 Å². The summed E-state index contributed by atoms with van der Waals surface area (Å²) in [6, 6.07) is 3.56. The molecule has 0 unspecified atom stereocenters. The first kappa shape index (κ1) is 14.6. The van der Waals surface area contributed by atoms with Crippen molar-refractivity contribution in [3.63, 3.8) is 0 Å². The highest BCUT2D eigenvalue weighted by atomic mass is 32.1. The third-order valence-electron chi connectivity index (χ3n) is 4.30. The molecular formula is C16H18F2N2S. The van der Waals surface area contributed by atoms with E-state index in [4.69, 9.17) is 5.73 Å². The summed E-state index contributed by atoms with van der Waals surface area (Å²) in [6.07, 6.45) is 4.01. The Morgan fingerprint density at radius 2 is 2.00 bits per heavy atom. The van der Waals surface area contributed by atoms with E-state index in [1.807, 2.05) is 0 Å². The zero-order valence-corrected chi connectivity index (χ0v) is 12.7. The van der Waals surface area contributed by atoms with Crippen LogP contribution in [0.5, 0.6) is 0 Å². The fraction of sp³-hybridized carbons (Fsp3) is 0.438. The van der Waals surface area contributed by atoms with Gasteiger partial charge in [0.15, 0.2) is 0 Å². The van der Waals surface area contributed by atoms with Gasteiger partial charge in [0.1, 0.15) is 16.6 Å². The SMILES string of the molecule is CC1CCC(N)(c2nc(-c3ccc(F)cc3F)cs2)CC1. The number of nitrogens with zero attached hydrogens (tertiary/aromatic N) is 1. The van der Waals surface area contributed by atoms with Crippen molar-refractivity contribution in [2.24, 2.45) is 11.7 Å². The van der Waals surface area contributed by atoms with Crippen LogP contribution in [0.15, 0.2) is 23.6 Å². The largest absolute Gasteiger partial charge is 0.319 e. The summed E-state index contributed by atoms with van der Waals surface area (Å²) in [6.45, 7) is 2.24. The minimum atomic E-state index is -0.588. The highest BCUT2D eigenvalue weighted by molar-refractivity contribution is 7.10. The molecule has 0 amide bonds. The normalized spacial score (nSPS) is 26.0. The summed E-state index contributed by atoms with van der Waals surface area (Å²) in [5.74, 6) is -0.464. The van der Waals surface area contributed by atoms with Gasteiger partial charge in [0.25, 0.3) is 0 Å². The lowest BCUT2D eigenvalue weighted by Crippen LogP contribution is -2.40. The average Bonchev–Trinajstić information content (AvgIpc) is 2.92. The van der Waals surface area contributed by atoms with Gasteiger partial charge in [0.2, 0.25) is 0 Å². The van der Waals surface area contributed by atoms with Crippen LogP contribution in [0.3, 0.4) is 0 Å². The molecule has 1 fully saturated rings. The molecule has 1 aliphatic rings. The molecule has 112 valence electrons. The van der Waals surface area contributed by atoms with E-state index in [0.29, 0.717) is 17.2 Å². The highest BCUT2D eigenvalue weighted by Crippen LogP contribution is 2.39. The number of thiazole rings is 1. The Morgan fingerprint density at radius 3 is 2.67 bits per heavy atom. The third-order valence-corrected chi connectivity index (χ3v) is 5.37. The van der Waals surface area contributed by atoms with Crippen molar-refractivity contribution in [1.29, 1.82) is 0 Å². The minimum absolute atomic E-state index is 0.326. The lowest BCUT2D eigenvalue weighted by molar-refractivity contribution is 0.247. The Kier molecular flexibility index (Phi) is 3.80. The first-order valence-electron chi connectivity index (χ1n) is 7.18. The van der Waals surface area contributed by atoms with Crippen molar-refractivity contribution in [2.75, 3.05) is 0 Å². The first-order valence-corrected chi connectivity index (χ1v) is 8.06. The molecule has 1 aromatic heterocycles. The maximum absolute atomic E-state index is 13.8. The van der Waals surface area contributed by atoms with E-state index in [1.165, 1.54) is 23.5 Å². The van der Waals surface area contributed by atoms with Gasteiger partial charge in [-0.1, -0.05) is 6.92 Å². The predicted molar refractivity (Wildman–Crippen MR) is 81.0 cm³/mol. The van der Waals surface area contributed by atoms with Gasteiger partial charge in [-0.15, -0.1) is 11.3 Å². The van der Waals surface area contributed by atoms with E-state index in [9.17, 15) is 8.78 Å². The van der Waals surface area contributed by atoms with Gasteiger partial charge in [-0.05, 0) is 43.7 Å². The highest BCUT2D eigenvalue weighted by Gasteiger charge is 2.34. The van der Waals surface area contributed by atoms with E-state index in [1.54, 1.807) is 5.38 Å². The lowest BCUT2D eigenvalue weighted by Gasteiger charge is -2.34. The summed E-state index contributed by atoms with van der Waals surface area (Å²) in [7, 11) is 0. The number of rotatable bonds is 2.